The van der Waals surface area contributed by atoms with Crippen LogP contribution >= 0.6 is 0 Å². The van der Waals surface area contributed by atoms with Gasteiger partial charge in [-0.25, -0.2) is 0 Å². The van der Waals surface area contributed by atoms with Crippen LogP contribution in [0.2, 0.25) is 0 Å². The van der Waals surface area contributed by atoms with Gasteiger partial charge < -0.3 is 14.6 Å². The zero-order valence-electron chi connectivity index (χ0n) is 18.8. The lowest BCUT2D eigenvalue weighted by atomic mass is 9.93. The number of phenolic OH excluding ortho intramolecular Hbond substituents is 1. The molecular formula is C27H30N2O3. The number of aryl methyl sites for hydroxylation is 1. The van der Waals surface area contributed by atoms with E-state index in [2.05, 4.69) is 36.5 Å². The average molecular weight is 431 g/mol. The van der Waals surface area contributed by atoms with Crippen molar-refractivity contribution in [1.82, 2.24) is 5.32 Å². The Morgan fingerprint density at radius 1 is 1.03 bits per heavy atom. The van der Waals surface area contributed by atoms with Gasteiger partial charge in [0.1, 0.15) is 11.9 Å². The van der Waals surface area contributed by atoms with Crippen molar-refractivity contribution in [2.24, 2.45) is 4.99 Å². The summed E-state index contributed by atoms with van der Waals surface area (Å²) in [5, 5.41) is 14.5. The molecule has 1 heterocycles. The second kappa shape index (κ2) is 9.88. The lowest BCUT2D eigenvalue weighted by Crippen LogP contribution is -2.33. The average Bonchev–Trinajstić information content (AvgIpc) is 2.85. The maximum absolute atomic E-state index is 10.9. The van der Waals surface area contributed by atoms with E-state index in [4.69, 9.17) is 14.5 Å². The fourth-order valence-electron chi connectivity index (χ4n) is 4.09. The molecule has 0 saturated carbocycles. The molecule has 32 heavy (non-hydrogen) atoms. The molecule has 0 radical (unpaired) electrons. The van der Waals surface area contributed by atoms with Crippen LogP contribution in [0.3, 0.4) is 0 Å². The first-order valence-corrected chi connectivity index (χ1v) is 11.1. The molecule has 2 N–H and O–H groups in total. The quantitative estimate of drug-likeness (QED) is 0.513. The molecule has 3 aromatic carbocycles. The van der Waals surface area contributed by atoms with Crippen LogP contribution in [0.5, 0.6) is 17.2 Å². The molecule has 0 aromatic heterocycles. The normalized spacial score (nSPS) is 18.2. The van der Waals surface area contributed by atoms with Crippen LogP contribution in [0, 0.1) is 0 Å². The maximum atomic E-state index is 10.9. The number of para-hydroxylation sites is 1. The summed E-state index contributed by atoms with van der Waals surface area (Å²) in [4.78, 5) is 5.05. The Balaban J connectivity index is 1.75. The summed E-state index contributed by atoms with van der Waals surface area (Å²) in [6, 6.07) is 22.1. The molecule has 4 rings (SSSR count). The number of hydrogen-bond donors (Lipinski definition) is 2. The van der Waals surface area contributed by atoms with Gasteiger partial charge >= 0.3 is 0 Å². The number of nitrogens with one attached hydrogen (secondary N) is 1. The van der Waals surface area contributed by atoms with Gasteiger partial charge in [-0.15, -0.1) is 0 Å². The van der Waals surface area contributed by atoms with Crippen LogP contribution in [0.4, 0.5) is 0 Å². The van der Waals surface area contributed by atoms with Gasteiger partial charge in [0.15, 0.2) is 11.5 Å². The van der Waals surface area contributed by atoms with E-state index >= 15 is 0 Å². The second-order valence-corrected chi connectivity index (χ2v) is 7.86. The summed E-state index contributed by atoms with van der Waals surface area (Å²) >= 11 is 0. The van der Waals surface area contributed by atoms with E-state index in [1.54, 1.807) is 13.2 Å². The van der Waals surface area contributed by atoms with Crippen molar-refractivity contribution >= 4 is 5.71 Å². The lowest BCUT2D eigenvalue weighted by Gasteiger charge is -2.31. The van der Waals surface area contributed by atoms with Gasteiger partial charge in [-0.3, -0.25) is 10.3 Å². The second-order valence-electron chi connectivity index (χ2n) is 7.86. The van der Waals surface area contributed by atoms with Crippen molar-refractivity contribution in [3.8, 4) is 17.2 Å². The Hall–Kier alpha value is -3.31. The Labute approximate surface area is 189 Å². The first kappa shape index (κ1) is 21.9. The molecule has 1 aliphatic heterocycles. The summed E-state index contributed by atoms with van der Waals surface area (Å²) < 4.78 is 11.0. The largest absolute Gasteiger partial charge is 0.504 e. The fourth-order valence-corrected chi connectivity index (χ4v) is 4.09. The Bertz CT molecular complexity index is 1090. The molecule has 0 aliphatic carbocycles. The molecule has 5 nitrogen and oxygen atoms in total. The van der Waals surface area contributed by atoms with Crippen LogP contribution in [0.15, 0.2) is 71.7 Å². The number of phenols is 1. The van der Waals surface area contributed by atoms with Crippen molar-refractivity contribution in [2.75, 3.05) is 13.7 Å². The van der Waals surface area contributed by atoms with Gasteiger partial charge in [0.05, 0.1) is 13.7 Å². The minimum Gasteiger partial charge on any atom is -0.504 e. The third-order valence-corrected chi connectivity index (χ3v) is 5.85. The maximum Gasteiger partial charge on any atom is 0.162 e. The Kier molecular flexibility index (Phi) is 6.76. The molecular weight excluding hydrogens is 400 g/mol. The van der Waals surface area contributed by atoms with Crippen molar-refractivity contribution in [3.05, 3.63) is 89.0 Å². The van der Waals surface area contributed by atoms with Gasteiger partial charge in [-0.05, 0) is 48.2 Å². The van der Waals surface area contributed by atoms with Crippen LogP contribution in [0.1, 0.15) is 54.7 Å². The molecule has 0 fully saturated rings. The minimum absolute atomic E-state index is 0.120. The van der Waals surface area contributed by atoms with Crippen molar-refractivity contribution in [2.45, 2.75) is 38.9 Å². The number of ether oxygens (including phenoxy) is 2. The SMILES string of the molecule is CCOc1cccc(C2CC(c3ccc(CC)cc3)=NC(c3cccc(OC)c3)N2)c1O. The summed E-state index contributed by atoms with van der Waals surface area (Å²) in [5.41, 5.74) is 5.22. The van der Waals surface area contributed by atoms with E-state index < -0.39 is 0 Å². The minimum atomic E-state index is -0.264. The summed E-state index contributed by atoms with van der Waals surface area (Å²) in [6.07, 6.45) is 1.40. The molecule has 0 saturated heterocycles. The number of methoxy groups -OCH3 is 1. The molecule has 1 aliphatic rings. The standard InChI is InChI=1S/C27H30N2O3/c1-4-18-12-14-19(15-13-18)23-17-24(22-10-7-11-25(26(22)30)32-5-2)29-27(28-23)20-8-6-9-21(16-20)31-3/h6-16,24,27,29-30H,4-5,17H2,1-3H3. The fraction of sp³-hybridized carbons (Fsp3) is 0.296. The zero-order valence-corrected chi connectivity index (χ0v) is 18.8. The lowest BCUT2D eigenvalue weighted by molar-refractivity contribution is 0.313. The van der Waals surface area contributed by atoms with Crippen molar-refractivity contribution < 1.29 is 14.6 Å². The number of rotatable bonds is 7. The van der Waals surface area contributed by atoms with Gasteiger partial charge in [-0.1, -0.05) is 55.5 Å². The molecule has 5 heteroatoms. The number of hydrogen-bond acceptors (Lipinski definition) is 5. The molecule has 2 unspecified atom stereocenters. The van der Waals surface area contributed by atoms with Gasteiger partial charge in [0, 0.05) is 23.7 Å². The van der Waals surface area contributed by atoms with Gasteiger partial charge in [0.2, 0.25) is 0 Å². The van der Waals surface area contributed by atoms with Crippen LogP contribution in [0.25, 0.3) is 0 Å². The smallest absolute Gasteiger partial charge is 0.162 e. The highest BCUT2D eigenvalue weighted by Crippen LogP contribution is 2.39. The molecule has 3 aromatic rings. The van der Waals surface area contributed by atoms with E-state index in [-0.39, 0.29) is 18.0 Å². The molecule has 0 amide bonds. The molecule has 0 bridgehead atoms. The third kappa shape index (κ3) is 4.63. The number of nitrogens with zero attached hydrogens (tertiary/aromatic N) is 1. The van der Waals surface area contributed by atoms with Crippen LogP contribution < -0.4 is 14.8 Å². The Morgan fingerprint density at radius 2 is 1.81 bits per heavy atom. The zero-order chi connectivity index (χ0) is 22.5. The molecule has 2 atom stereocenters. The summed E-state index contributed by atoms with van der Waals surface area (Å²) in [5.74, 6) is 1.47. The summed E-state index contributed by atoms with van der Waals surface area (Å²) in [6.45, 7) is 4.56. The predicted molar refractivity (Wildman–Crippen MR) is 128 cm³/mol. The third-order valence-electron chi connectivity index (χ3n) is 5.85. The predicted octanol–water partition coefficient (Wildman–Crippen LogP) is 5.58. The van der Waals surface area contributed by atoms with E-state index in [9.17, 15) is 5.11 Å². The number of aliphatic imine (C=N–C) groups is 1. The topological polar surface area (TPSA) is 63.1 Å². The van der Waals surface area contributed by atoms with E-state index in [0.29, 0.717) is 18.8 Å². The van der Waals surface area contributed by atoms with E-state index in [1.165, 1.54) is 5.56 Å². The Morgan fingerprint density at radius 3 is 2.53 bits per heavy atom. The highest BCUT2D eigenvalue weighted by Gasteiger charge is 2.28. The molecule has 0 spiro atoms. The molecule has 166 valence electrons. The monoisotopic (exact) mass is 430 g/mol. The first-order chi connectivity index (χ1) is 15.6. The summed E-state index contributed by atoms with van der Waals surface area (Å²) in [7, 11) is 1.66. The first-order valence-electron chi connectivity index (χ1n) is 11.1. The highest BCUT2D eigenvalue weighted by molar-refractivity contribution is 6.01. The van der Waals surface area contributed by atoms with E-state index in [0.717, 1.165) is 34.6 Å². The van der Waals surface area contributed by atoms with Crippen molar-refractivity contribution in [3.63, 3.8) is 0 Å². The van der Waals surface area contributed by atoms with Crippen LogP contribution in [-0.2, 0) is 6.42 Å². The van der Waals surface area contributed by atoms with Gasteiger partial charge in [0.25, 0.3) is 0 Å². The van der Waals surface area contributed by atoms with Gasteiger partial charge in [-0.2, -0.15) is 0 Å². The van der Waals surface area contributed by atoms with Crippen LogP contribution in [-0.4, -0.2) is 24.5 Å². The number of benzene rings is 3. The highest BCUT2D eigenvalue weighted by atomic mass is 16.5. The number of aromatic hydroxyl groups is 1. The van der Waals surface area contributed by atoms with Crippen molar-refractivity contribution in [1.29, 1.82) is 0 Å². The van der Waals surface area contributed by atoms with E-state index in [1.807, 2.05) is 43.3 Å².